The van der Waals surface area contributed by atoms with E-state index < -0.39 is 0 Å². The first kappa shape index (κ1) is 13.5. The van der Waals surface area contributed by atoms with Crippen molar-refractivity contribution in [1.29, 1.82) is 0 Å². The Hall–Kier alpha value is -0.900. The van der Waals surface area contributed by atoms with Crippen LogP contribution in [-0.2, 0) is 5.54 Å². The summed E-state index contributed by atoms with van der Waals surface area (Å²) in [5.41, 5.74) is 7.25. The fourth-order valence-corrected chi connectivity index (χ4v) is 3.03. The highest BCUT2D eigenvalue weighted by Gasteiger charge is 2.38. The summed E-state index contributed by atoms with van der Waals surface area (Å²) in [7, 11) is 0. The maximum absolute atomic E-state index is 5.67. The van der Waals surface area contributed by atoms with E-state index >= 15 is 0 Å². The molecule has 1 fully saturated rings. The molecule has 1 aromatic rings. The molecule has 1 heterocycles. The summed E-state index contributed by atoms with van der Waals surface area (Å²) in [6, 6.07) is 10.9. The molecular weight excluding hydrogens is 222 g/mol. The molecule has 2 rings (SSSR count). The molecule has 0 aliphatic carbocycles. The Kier molecular flexibility index (Phi) is 4.75. The van der Waals surface area contributed by atoms with Gasteiger partial charge in [0.1, 0.15) is 0 Å². The molecule has 0 bridgehead atoms. The van der Waals surface area contributed by atoms with Gasteiger partial charge in [-0.2, -0.15) is 0 Å². The van der Waals surface area contributed by atoms with E-state index in [1.165, 1.54) is 5.56 Å². The average molecular weight is 247 g/mol. The van der Waals surface area contributed by atoms with Crippen molar-refractivity contribution >= 4 is 0 Å². The maximum atomic E-state index is 5.67. The molecule has 0 spiro atoms. The van der Waals surface area contributed by atoms with Crippen LogP contribution in [0.25, 0.3) is 0 Å². The van der Waals surface area contributed by atoms with Crippen LogP contribution in [0, 0.1) is 0 Å². The summed E-state index contributed by atoms with van der Waals surface area (Å²) in [5, 5.41) is 3.56. The Bertz CT molecular complexity index is 352. The molecule has 3 heteroatoms. The molecule has 100 valence electrons. The first-order valence-corrected chi connectivity index (χ1v) is 7.05. The summed E-state index contributed by atoms with van der Waals surface area (Å²) in [6.07, 6.45) is 2.21. The number of hydrogen-bond donors (Lipinski definition) is 2. The molecule has 0 aromatic heterocycles. The van der Waals surface area contributed by atoms with Crippen molar-refractivity contribution in [3.8, 4) is 0 Å². The summed E-state index contributed by atoms with van der Waals surface area (Å²) in [5.74, 6) is 0. The number of piperazine rings is 1. The molecule has 0 saturated carbocycles. The monoisotopic (exact) mass is 247 g/mol. The molecule has 3 nitrogen and oxygen atoms in total. The van der Waals surface area contributed by atoms with Gasteiger partial charge in [-0.1, -0.05) is 37.3 Å². The molecular formula is C15H25N3. The zero-order valence-electron chi connectivity index (χ0n) is 11.4. The molecule has 1 atom stereocenters. The van der Waals surface area contributed by atoms with Crippen LogP contribution in [0.5, 0.6) is 0 Å². The summed E-state index contributed by atoms with van der Waals surface area (Å²) in [4.78, 5) is 2.62. The highest BCUT2D eigenvalue weighted by atomic mass is 15.3. The molecule has 0 radical (unpaired) electrons. The van der Waals surface area contributed by atoms with E-state index in [1.807, 2.05) is 0 Å². The van der Waals surface area contributed by atoms with Gasteiger partial charge in [-0.05, 0) is 24.9 Å². The van der Waals surface area contributed by atoms with Gasteiger partial charge in [-0.25, -0.2) is 0 Å². The van der Waals surface area contributed by atoms with E-state index in [4.69, 9.17) is 5.73 Å². The topological polar surface area (TPSA) is 41.3 Å². The van der Waals surface area contributed by atoms with E-state index in [9.17, 15) is 0 Å². The predicted octanol–water partition coefficient (Wildman–Crippen LogP) is 1.55. The standard InChI is InChI=1S/C15H25N3/c1-2-15(14-7-4-3-5-8-14)13-17-10-12-18(15)11-6-9-16/h3-5,7-8,17H,2,6,9-13,16H2,1H3. The molecule has 1 aliphatic heterocycles. The van der Waals surface area contributed by atoms with Gasteiger partial charge in [-0.3, -0.25) is 4.90 Å². The normalized spacial score (nSPS) is 25.2. The Morgan fingerprint density at radius 3 is 2.78 bits per heavy atom. The molecule has 1 aliphatic rings. The number of hydrogen-bond acceptors (Lipinski definition) is 3. The number of benzene rings is 1. The highest BCUT2D eigenvalue weighted by molar-refractivity contribution is 5.26. The first-order valence-electron chi connectivity index (χ1n) is 7.05. The van der Waals surface area contributed by atoms with Gasteiger partial charge in [0, 0.05) is 26.2 Å². The molecule has 1 unspecified atom stereocenters. The quantitative estimate of drug-likeness (QED) is 0.829. The molecule has 1 aromatic carbocycles. The van der Waals surface area contributed by atoms with Crippen LogP contribution in [0.1, 0.15) is 25.3 Å². The second kappa shape index (κ2) is 6.32. The number of rotatable bonds is 5. The number of nitrogens with zero attached hydrogens (tertiary/aromatic N) is 1. The van der Waals surface area contributed by atoms with Gasteiger partial charge >= 0.3 is 0 Å². The Balaban J connectivity index is 2.26. The van der Waals surface area contributed by atoms with Crippen LogP contribution in [0.4, 0.5) is 0 Å². The fraction of sp³-hybridized carbons (Fsp3) is 0.600. The van der Waals surface area contributed by atoms with Gasteiger partial charge in [0.05, 0.1) is 5.54 Å². The minimum absolute atomic E-state index is 0.147. The lowest BCUT2D eigenvalue weighted by atomic mass is 9.83. The maximum Gasteiger partial charge on any atom is 0.0583 e. The third-order valence-corrected chi connectivity index (χ3v) is 4.11. The van der Waals surface area contributed by atoms with E-state index in [-0.39, 0.29) is 5.54 Å². The van der Waals surface area contributed by atoms with Crippen LogP contribution in [0.15, 0.2) is 30.3 Å². The van der Waals surface area contributed by atoms with Crippen molar-refractivity contribution in [2.24, 2.45) is 5.73 Å². The number of nitrogens with one attached hydrogen (secondary N) is 1. The van der Waals surface area contributed by atoms with Crippen LogP contribution < -0.4 is 11.1 Å². The van der Waals surface area contributed by atoms with Gasteiger partial charge in [0.15, 0.2) is 0 Å². The molecule has 1 saturated heterocycles. The predicted molar refractivity (Wildman–Crippen MR) is 76.5 cm³/mol. The van der Waals surface area contributed by atoms with Crippen molar-refractivity contribution in [2.45, 2.75) is 25.3 Å². The number of nitrogens with two attached hydrogens (primary N) is 1. The molecule has 0 amide bonds. The first-order chi connectivity index (χ1) is 8.83. The van der Waals surface area contributed by atoms with E-state index in [0.717, 1.165) is 45.6 Å². The Morgan fingerprint density at radius 1 is 1.33 bits per heavy atom. The summed E-state index contributed by atoms with van der Waals surface area (Å²) < 4.78 is 0. The van der Waals surface area contributed by atoms with Crippen molar-refractivity contribution in [1.82, 2.24) is 10.2 Å². The largest absolute Gasteiger partial charge is 0.330 e. The average Bonchev–Trinajstić information content (AvgIpc) is 2.46. The van der Waals surface area contributed by atoms with Crippen LogP contribution in [0.2, 0.25) is 0 Å². The second-order valence-electron chi connectivity index (χ2n) is 5.06. The van der Waals surface area contributed by atoms with Gasteiger partial charge in [-0.15, -0.1) is 0 Å². The minimum atomic E-state index is 0.147. The Labute approximate surface area is 110 Å². The SMILES string of the molecule is CCC1(c2ccccc2)CNCCN1CCCN. The van der Waals surface area contributed by atoms with Crippen molar-refractivity contribution in [3.63, 3.8) is 0 Å². The van der Waals surface area contributed by atoms with E-state index in [0.29, 0.717) is 0 Å². The third-order valence-electron chi connectivity index (χ3n) is 4.11. The van der Waals surface area contributed by atoms with Crippen LogP contribution >= 0.6 is 0 Å². The smallest absolute Gasteiger partial charge is 0.0583 e. The lowest BCUT2D eigenvalue weighted by Crippen LogP contribution is -2.59. The highest BCUT2D eigenvalue weighted by Crippen LogP contribution is 2.33. The van der Waals surface area contributed by atoms with Gasteiger partial charge in [0.25, 0.3) is 0 Å². The lowest BCUT2D eigenvalue weighted by Gasteiger charge is -2.48. The van der Waals surface area contributed by atoms with Crippen LogP contribution in [0.3, 0.4) is 0 Å². The minimum Gasteiger partial charge on any atom is -0.330 e. The zero-order chi connectivity index (χ0) is 12.8. The van der Waals surface area contributed by atoms with Crippen molar-refractivity contribution < 1.29 is 0 Å². The summed E-state index contributed by atoms with van der Waals surface area (Å²) >= 11 is 0. The van der Waals surface area contributed by atoms with E-state index in [2.05, 4.69) is 47.5 Å². The van der Waals surface area contributed by atoms with Crippen molar-refractivity contribution in [2.75, 3.05) is 32.7 Å². The zero-order valence-corrected chi connectivity index (χ0v) is 11.4. The third kappa shape index (κ3) is 2.58. The second-order valence-corrected chi connectivity index (χ2v) is 5.06. The molecule has 3 N–H and O–H groups in total. The van der Waals surface area contributed by atoms with E-state index in [1.54, 1.807) is 0 Å². The molecule has 18 heavy (non-hydrogen) atoms. The van der Waals surface area contributed by atoms with Gasteiger partial charge in [0.2, 0.25) is 0 Å². The van der Waals surface area contributed by atoms with Gasteiger partial charge < -0.3 is 11.1 Å². The Morgan fingerprint density at radius 2 is 2.11 bits per heavy atom. The lowest BCUT2D eigenvalue weighted by molar-refractivity contribution is 0.0526. The van der Waals surface area contributed by atoms with Crippen molar-refractivity contribution in [3.05, 3.63) is 35.9 Å². The van der Waals surface area contributed by atoms with Crippen LogP contribution in [-0.4, -0.2) is 37.6 Å². The fourth-order valence-electron chi connectivity index (χ4n) is 3.03. The summed E-state index contributed by atoms with van der Waals surface area (Å²) in [6.45, 7) is 7.40.